The number of hydrogen-bond donors (Lipinski definition) is 0. The van der Waals surface area contributed by atoms with Gasteiger partial charge in [-0.15, -0.1) is 0 Å². The van der Waals surface area contributed by atoms with Crippen molar-refractivity contribution < 1.29 is 13.5 Å². The Labute approximate surface area is 205 Å². The fraction of sp³-hybridized carbons (Fsp3) is 0.613. The molecule has 186 valence electrons. The Hall–Kier alpha value is -1.90. The van der Waals surface area contributed by atoms with Crippen LogP contribution < -0.4 is 4.74 Å². The van der Waals surface area contributed by atoms with E-state index in [4.69, 9.17) is 4.74 Å². The predicted octanol–water partition coefficient (Wildman–Crippen LogP) is 9.27. The Balaban J connectivity index is 1.39. The van der Waals surface area contributed by atoms with Crippen molar-refractivity contribution in [2.24, 2.45) is 5.92 Å². The van der Waals surface area contributed by atoms with Crippen molar-refractivity contribution >= 4 is 0 Å². The highest BCUT2D eigenvalue weighted by Crippen LogP contribution is 2.41. The Morgan fingerprint density at radius 3 is 2.24 bits per heavy atom. The van der Waals surface area contributed by atoms with Crippen LogP contribution in [-0.2, 0) is 12.8 Å². The minimum Gasteiger partial charge on any atom is -0.494 e. The van der Waals surface area contributed by atoms with Crippen LogP contribution >= 0.6 is 0 Å². The summed E-state index contributed by atoms with van der Waals surface area (Å²) in [5, 5.41) is 0. The van der Waals surface area contributed by atoms with E-state index in [0.717, 1.165) is 55.9 Å². The number of aryl methyl sites for hydroxylation is 1. The molecule has 0 aliphatic heterocycles. The van der Waals surface area contributed by atoms with Gasteiger partial charge in [-0.25, -0.2) is 8.78 Å². The first kappa shape index (κ1) is 25.2. The molecule has 0 saturated heterocycles. The SMILES string of the molecule is CCCCCOc1ccc2c(c1)CCC(c1c(F)cc(C3CCC(CCCC)CC3)cc1F)C2. The Bertz CT molecular complexity index is 906. The first-order valence-electron chi connectivity index (χ1n) is 13.8. The van der Waals surface area contributed by atoms with Crippen molar-refractivity contribution in [1.82, 2.24) is 0 Å². The summed E-state index contributed by atoms with van der Waals surface area (Å²) >= 11 is 0. The summed E-state index contributed by atoms with van der Waals surface area (Å²) < 4.78 is 36.5. The molecule has 4 rings (SSSR count). The molecule has 2 aromatic rings. The van der Waals surface area contributed by atoms with Crippen LogP contribution in [-0.4, -0.2) is 6.61 Å². The van der Waals surface area contributed by atoms with Gasteiger partial charge in [0.25, 0.3) is 0 Å². The van der Waals surface area contributed by atoms with Crippen LogP contribution in [0.3, 0.4) is 0 Å². The number of hydrogen-bond acceptors (Lipinski definition) is 1. The van der Waals surface area contributed by atoms with Crippen molar-refractivity contribution in [3.8, 4) is 5.75 Å². The van der Waals surface area contributed by atoms with Gasteiger partial charge in [0.15, 0.2) is 0 Å². The second-order valence-electron chi connectivity index (χ2n) is 10.7. The third kappa shape index (κ3) is 6.20. The lowest BCUT2D eigenvalue weighted by molar-refractivity contribution is 0.303. The maximum Gasteiger partial charge on any atom is 0.129 e. The molecule has 0 heterocycles. The number of fused-ring (bicyclic) bond motifs is 1. The fourth-order valence-corrected chi connectivity index (χ4v) is 6.12. The van der Waals surface area contributed by atoms with Gasteiger partial charge in [-0.1, -0.05) is 52.0 Å². The van der Waals surface area contributed by atoms with E-state index in [1.807, 2.05) is 6.07 Å². The summed E-state index contributed by atoms with van der Waals surface area (Å²) in [4.78, 5) is 0. The first-order valence-corrected chi connectivity index (χ1v) is 13.8. The third-order valence-electron chi connectivity index (χ3n) is 8.22. The summed E-state index contributed by atoms with van der Waals surface area (Å²) in [5.74, 6) is 1.25. The molecule has 0 radical (unpaired) electrons. The maximum atomic E-state index is 15.3. The molecule has 0 bridgehead atoms. The van der Waals surface area contributed by atoms with Crippen molar-refractivity contribution in [1.29, 1.82) is 0 Å². The van der Waals surface area contributed by atoms with Crippen molar-refractivity contribution in [3.63, 3.8) is 0 Å². The van der Waals surface area contributed by atoms with Crippen LogP contribution in [0.15, 0.2) is 30.3 Å². The van der Waals surface area contributed by atoms with Gasteiger partial charge in [0, 0.05) is 5.56 Å². The highest BCUT2D eigenvalue weighted by atomic mass is 19.1. The zero-order chi connectivity index (χ0) is 23.9. The lowest BCUT2D eigenvalue weighted by Gasteiger charge is -2.30. The Morgan fingerprint density at radius 2 is 1.53 bits per heavy atom. The van der Waals surface area contributed by atoms with Crippen molar-refractivity contribution in [3.05, 3.63) is 64.2 Å². The quantitative estimate of drug-likeness (QED) is 0.316. The third-order valence-corrected chi connectivity index (χ3v) is 8.22. The Kier molecular flexibility index (Phi) is 9.03. The van der Waals surface area contributed by atoms with Gasteiger partial charge in [0.1, 0.15) is 17.4 Å². The first-order chi connectivity index (χ1) is 16.6. The van der Waals surface area contributed by atoms with E-state index in [1.165, 1.54) is 56.1 Å². The standard InChI is InChI=1S/C31H42F2O/c1-3-5-7-17-34-28-16-15-24-18-26(14-13-25(24)19-28)31-29(32)20-27(21-30(31)33)23-11-9-22(10-12-23)8-6-4-2/h15-16,19-23,26H,3-14,17-18H2,1-2H3. The second kappa shape index (κ2) is 12.2. The fourth-order valence-electron chi connectivity index (χ4n) is 6.12. The minimum atomic E-state index is -0.340. The summed E-state index contributed by atoms with van der Waals surface area (Å²) in [7, 11) is 0. The molecule has 0 amide bonds. The zero-order valence-corrected chi connectivity index (χ0v) is 21.2. The molecule has 0 N–H and O–H groups in total. The van der Waals surface area contributed by atoms with E-state index in [9.17, 15) is 0 Å². The molecule has 2 aromatic carbocycles. The molecule has 34 heavy (non-hydrogen) atoms. The average Bonchev–Trinajstić information content (AvgIpc) is 2.85. The predicted molar refractivity (Wildman–Crippen MR) is 137 cm³/mol. The summed E-state index contributed by atoms with van der Waals surface area (Å²) in [6.45, 7) is 5.18. The van der Waals surface area contributed by atoms with Gasteiger partial charge in [0.05, 0.1) is 6.61 Å². The zero-order valence-electron chi connectivity index (χ0n) is 21.2. The molecular formula is C31H42F2O. The molecule has 1 fully saturated rings. The normalized spacial score (nSPS) is 22.4. The van der Waals surface area contributed by atoms with Crippen LogP contribution in [0.4, 0.5) is 8.78 Å². The molecular weight excluding hydrogens is 426 g/mol. The van der Waals surface area contributed by atoms with E-state index >= 15 is 8.78 Å². The van der Waals surface area contributed by atoms with Crippen LogP contribution in [0.25, 0.3) is 0 Å². The molecule has 2 aliphatic carbocycles. The van der Waals surface area contributed by atoms with E-state index < -0.39 is 0 Å². The number of benzene rings is 2. The summed E-state index contributed by atoms with van der Waals surface area (Å²) in [5.41, 5.74) is 3.63. The summed E-state index contributed by atoms with van der Waals surface area (Å²) in [6, 6.07) is 9.54. The Morgan fingerprint density at radius 1 is 0.794 bits per heavy atom. The van der Waals surface area contributed by atoms with Gasteiger partial charge in [-0.2, -0.15) is 0 Å². The molecule has 2 aliphatic rings. The van der Waals surface area contributed by atoms with E-state index in [2.05, 4.69) is 26.0 Å². The van der Waals surface area contributed by atoms with Crippen molar-refractivity contribution in [2.75, 3.05) is 6.61 Å². The maximum absolute atomic E-state index is 15.3. The smallest absolute Gasteiger partial charge is 0.129 e. The van der Waals surface area contributed by atoms with Gasteiger partial charge >= 0.3 is 0 Å². The van der Waals surface area contributed by atoms with Gasteiger partial charge in [-0.05, 0) is 110 Å². The topological polar surface area (TPSA) is 9.23 Å². The monoisotopic (exact) mass is 468 g/mol. The number of unbranched alkanes of at least 4 members (excludes halogenated alkanes) is 3. The molecule has 0 spiro atoms. The largest absolute Gasteiger partial charge is 0.494 e. The number of rotatable bonds is 10. The average molecular weight is 469 g/mol. The second-order valence-corrected chi connectivity index (χ2v) is 10.7. The van der Waals surface area contributed by atoms with Gasteiger partial charge in [0.2, 0.25) is 0 Å². The molecule has 1 nitrogen and oxygen atoms in total. The molecule has 0 aromatic heterocycles. The van der Waals surface area contributed by atoms with E-state index in [1.54, 1.807) is 12.1 Å². The molecule has 1 atom stereocenters. The number of halogens is 2. The molecule has 3 heteroatoms. The van der Waals surface area contributed by atoms with Crippen LogP contribution in [0.2, 0.25) is 0 Å². The van der Waals surface area contributed by atoms with Crippen molar-refractivity contribution in [2.45, 2.75) is 109 Å². The lowest BCUT2D eigenvalue weighted by atomic mass is 9.76. The molecule has 1 unspecified atom stereocenters. The highest BCUT2D eigenvalue weighted by molar-refractivity contribution is 5.41. The lowest BCUT2D eigenvalue weighted by Crippen LogP contribution is -2.17. The molecule has 1 saturated carbocycles. The summed E-state index contributed by atoms with van der Waals surface area (Å²) in [6.07, 6.45) is 14.1. The minimum absolute atomic E-state index is 0.0948. The van der Waals surface area contributed by atoms with Gasteiger partial charge in [-0.3, -0.25) is 0 Å². The van der Waals surface area contributed by atoms with Crippen LogP contribution in [0.1, 0.15) is 119 Å². The van der Waals surface area contributed by atoms with E-state index in [0.29, 0.717) is 17.9 Å². The van der Waals surface area contributed by atoms with Crippen LogP contribution in [0, 0.1) is 17.6 Å². The number of ether oxygens (including phenoxy) is 1. The van der Waals surface area contributed by atoms with E-state index in [-0.39, 0.29) is 17.6 Å². The van der Waals surface area contributed by atoms with Crippen LogP contribution in [0.5, 0.6) is 5.75 Å². The van der Waals surface area contributed by atoms with Gasteiger partial charge < -0.3 is 4.74 Å². The highest BCUT2D eigenvalue weighted by Gasteiger charge is 2.28.